The van der Waals surface area contributed by atoms with E-state index in [0.29, 0.717) is 12.1 Å². The van der Waals surface area contributed by atoms with E-state index in [0.717, 1.165) is 38.1 Å². The average Bonchev–Trinajstić information content (AvgIpc) is 2.34. The summed E-state index contributed by atoms with van der Waals surface area (Å²) in [4.78, 5) is 2.16. The van der Waals surface area contributed by atoms with Gasteiger partial charge in [-0.05, 0) is 43.6 Å². The van der Waals surface area contributed by atoms with E-state index >= 15 is 0 Å². The molecular formula is C13H17F2NO. The molecule has 0 amide bonds. The number of aliphatic hydroxyl groups is 1. The molecule has 1 aliphatic rings. The number of nitrogens with zero attached hydrogens (tertiary/aromatic N) is 1. The lowest BCUT2D eigenvalue weighted by Gasteiger charge is -2.28. The minimum Gasteiger partial charge on any atom is -0.387 e. The van der Waals surface area contributed by atoms with Crippen LogP contribution in [0.2, 0.25) is 0 Å². The van der Waals surface area contributed by atoms with Gasteiger partial charge in [-0.25, -0.2) is 8.78 Å². The molecule has 0 radical (unpaired) electrons. The molecule has 1 unspecified atom stereocenters. The second kappa shape index (κ2) is 5.56. The van der Waals surface area contributed by atoms with E-state index in [-0.39, 0.29) is 0 Å². The van der Waals surface area contributed by atoms with E-state index in [4.69, 9.17) is 0 Å². The van der Waals surface area contributed by atoms with E-state index in [1.807, 2.05) is 0 Å². The lowest BCUT2D eigenvalue weighted by Crippen LogP contribution is -2.33. The fraction of sp³-hybridized carbons (Fsp3) is 0.538. The van der Waals surface area contributed by atoms with E-state index in [2.05, 4.69) is 4.90 Å². The topological polar surface area (TPSA) is 23.5 Å². The van der Waals surface area contributed by atoms with Crippen LogP contribution in [-0.4, -0.2) is 29.6 Å². The first-order valence-corrected chi connectivity index (χ1v) is 6.02. The van der Waals surface area contributed by atoms with E-state index in [9.17, 15) is 13.9 Å². The van der Waals surface area contributed by atoms with Crippen LogP contribution in [0.1, 0.15) is 30.9 Å². The van der Waals surface area contributed by atoms with Crippen molar-refractivity contribution in [2.75, 3.05) is 19.6 Å². The molecule has 1 aromatic rings. The van der Waals surface area contributed by atoms with E-state index in [1.165, 1.54) is 12.5 Å². The van der Waals surface area contributed by atoms with Crippen LogP contribution in [0.3, 0.4) is 0 Å². The predicted octanol–water partition coefficient (Wildman–Crippen LogP) is 2.48. The summed E-state index contributed by atoms with van der Waals surface area (Å²) in [5, 5.41) is 9.96. The summed E-state index contributed by atoms with van der Waals surface area (Å²) in [6.45, 7) is 2.44. The Labute approximate surface area is 99.9 Å². The molecule has 0 bridgehead atoms. The van der Waals surface area contributed by atoms with Crippen molar-refractivity contribution in [2.24, 2.45) is 0 Å². The smallest absolute Gasteiger partial charge is 0.159 e. The Morgan fingerprint density at radius 1 is 1.12 bits per heavy atom. The first-order valence-electron chi connectivity index (χ1n) is 6.02. The third-order valence-electron chi connectivity index (χ3n) is 3.21. The van der Waals surface area contributed by atoms with Gasteiger partial charge in [0.25, 0.3) is 0 Å². The molecule has 1 heterocycles. The number of hydrogen-bond acceptors (Lipinski definition) is 2. The normalized spacial score (nSPS) is 19.2. The molecule has 1 saturated heterocycles. The van der Waals surface area contributed by atoms with Crippen molar-refractivity contribution in [3.63, 3.8) is 0 Å². The summed E-state index contributed by atoms with van der Waals surface area (Å²) in [5.74, 6) is -1.78. The van der Waals surface area contributed by atoms with E-state index in [1.54, 1.807) is 0 Å². The van der Waals surface area contributed by atoms with Crippen LogP contribution in [0.4, 0.5) is 8.78 Å². The van der Waals surface area contributed by atoms with Crippen molar-refractivity contribution in [1.82, 2.24) is 4.90 Å². The van der Waals surface area contributed by atoms with Crippen molar-refractivity contribution in [3.05, 3.63) is 35.4 Å². The molecule has 0 aliphatic carbocycles. The van der Waals surface area contributed by atoms with Gasteiger partial charge in [0.1, 0.15) is 0 Å². The average molecular weight is 241 g/mol. The van der Waals surface area contributed by atoms with Gasteiger partial charge >= 0.3 is 0 Å². The zero-order valence-corrected chi connectivity index (χ0v) is 9.70. The summed E-state index contributed by atoms with van der Waals surface area (Å²) < 4.78 is 25.8. The quantitative estimate of drug-likeness (QED) is 0.878. The highest BCUT2D eigenvalue weighted by Gasteiger charge is 2.16. The Kier molecular flexibility index (Phi) is 4.07. The zero-order valence-electron chi connectivity index (χ0n) is 9.70. The molecule has 94 valence electrons. The minimum atomic E-state index is -0.903. The largest absolute Gasteiger partial charge is 0.387 e. The van der Waals surface area contributed by atoms with Crippen LogP contribution >= 0.6 is 0 Å². The number of piperidine rings is 1. The Bertz CT molecular complexity index is 378. The Balaban J connectivity index is 1.98. The summed E-state index contributed by atoms with van der Waals surface area (Å²) in [6.07, 6.45) is 2.77. The second-order valence-corrected chi connectivity index (χ2v) is 4.55. The Morgan fingerprint density at radius 3 is 2.47 bits per heavy atom. The zero-order chi connectivity index (χ0) is 12.3. The molecule has 2 nitrogen and oxygen atoms in total. The highest BCUT2D eigenvalue weighted by Crippen LogP contribution is 2.19. The first-order chi connectivity index (χ1) is 8.16. The molecule has 4 heteroatoms. The second-order valence-electron chi connectivity index (χ2n) is 4.55. The minimum absolute atomic E-state index is 0.439. The molecular weight excluding hydrogens is 224 g/mol. The number of halogens is 2. The number of benzene rings is 1. The molecule has 2 rings (SSSR count). The fourth-order valence-electron chi connectivity index (χ4n) is 2.21. The van der Waals surface area contributed by atoms with Gasteiger partial charge in [0, 0.05) is 6.54 Å². The van der Waals surface area contributed by atoms with Gasteiger partial charge in [-0.15, -0.1) is 0 Å². The number of rotatable bonds is 3. The lowest BCUT2D eigenvalue weighted by molar-refractivity contribution is 0.101. The SMILES string of the molecule is OC(CN1CCCCC1)c1ccc(F)c(F)c1. The van der Waals surface area contributed by atoms with Gasteiger partial charge in [0.15, 0.2) is 11.6 Å². The third-order valence-corrected chi connectivity index (χ3v) is 3.21. The molecule has 1 fully saturated rings. The molecule has 0 spiro atoms. The van der Waals surface area contributed by atoms with Gasteiger partial charge in [-0.1, -0.05) is 12.5 Å². The van der Waals surface area contributed by atoms with Crippen molar-refractivity contribution in [2.45, 2.75) is 25.4 Å². The molecule has 1 atom stereocenters. The standard InChI is InChI=1S/C13H17F2NO/c14-11-5-4-10(8-12(11)15)13(17)9-16-6-2-1-3-7-16/h4-5,8,13,17H,1-3,6-7,9H2. The maximum Gasteiger partial charge on any atom is 0.159 e. The fourth-order valence-corrected chi connectivity index (χ4v) is 2.21. The molecule has 0 aromatic heterocycles. The first kappa shape index (κ1) is 12.5. The monoisotopic (exact) mass is 241 g/mol. The Hall–Kier alpha value is -1.00. The molecule has 1 aliphatic heterocycles. The van der Waals surface area contributed by atoms with E-state index < -0.39 is 17.7 Å². The molecule has 0 saturated carbocycles. The van der Waals surface area contributed by atoms with Gasteiger partial charge in [0.05, 0.1) is 6.10 Å². The molecule has 17 heavy (non-hydrogen) atoms. The summed E-state index contributed by atoms with van der Waals surface area (Å²) in [7, 11) is 0. The number of β-amino-alcohol motifs (C(OH)–C–C–N with tert-alkyl or cyclic N) is 1. The summed E-state index contributed by atoms with van der Waals surface area (Å²) >= 11 is 0. The predicted molar refractivity (Wildman–Crippen MR) is 61.6 cm³/mol. The van der Waals surface area contributed by atoms with Gasteiger partial charge in [-0.3, -0.25) is 0 Å². The van der Waals surface area contributed by atoms with Crippen molar-refractivity contribution < 1.29 is 13.9 Å². The van der Waals surface area contributed by atoms with Crippen LogP contribution in [0, 0.1) is 11.6 Å². The Morgan fingerprint density at radius 2 is 1.82 bits per heavy atom. The van der Waals surface area contributed by atoms with Crippen LogP contribution in [0.5, 0.6) is 0 Å². The number of likely N-dealkylation sites (tertiary alicyclic amines) is 1. The summed E-state index contributed by atoms with van der Waals surface area (Å²) in [5.41, 5.74) is 0.439. The van der Waals surface area contributed by atoms with Gasteiger partial charge in [-0.2, -0.15) is 0 Å². The van der Waals surface area contributed by atoms with Crippen molar-refractivity contribution in [3.8, 4) is 0 Å². The van der Waals surface area contributed by atoms with Gasteiger partial charge < -0.3 is 10.0 Å². The highest BCUT2D eigenvalue weighted by atomic mass is 19.2. The highest BCUT2D eigenvalue weighted by molar-refractivity contribution is 5.20. The van der Waals surface area contributed by atoms with Crippen LogP contribution in [0.25, 0.3) is 0 Å². The maximum absolute atomic E-state index is 13.0. The summed E-state index contributed by atoms with van der Waals surface area (Å²) in [6, 6.07) is 3.57. The van der Waals surface area contributed by atoms with Crippen LogP contribution < -0.4 is 0 Å². The number of hydrogen-bond donors (Lipinski definition) is 1. The van der Waals surface area contributed by atoms with Crippen molar-refractivity contribution in [1.29, 1.82) is 0 Å². The van der Waals surface area contributed by atoms with Gasteiger partial charge in [0.2, 0.25) is 0 Å². The third kappa shape index (κ3) is 3.23. The lowest BCUT2D eigenvalue weighted by atomic mass is 10.1. The number of aliphatic hydroxyl groups excluding tert-OH is 1. The van der Waals surface area contributed by atoms with Crippen molar-refractivity contribution >= 4 is 0 Å². The van der Waals surface area contributed by atoms with Crippen LogP contribution in [-0.2, 0) is 0 Å². The maximum atomic E-state index is 13.0. The van der Waals surface area contributed by atoms with Crippen LogP contribution in [0.15, 0.2) is 18.2 Å². The molecule has 1 aromatic carbocycles. The molecule has 1 N–H and O–H groups in total.